The maximum absolute atomic E-state index is 13.2. The first-order valence-electron chi connectivity index (χ1n) is 9.54. The summed E-state index contributed by atoms with van der Waals surface area (Å²) in [6.45, 7) is 8.18. The normalized spacial score (nSPS) is 15.1. The highest BCUT2D eigenvalue weighted by atomic mass is 16.5. The molecule has 1 amide bonds. The third-order valence-electron chi connectivity index (χ3n) is 4.92. The molecule has 6 heteroatoms. The maximum Gasteiger partial charge on any atom is 0.254 e. The van der Waals surface area contributed by atoms with E-state index in [9.17, 15) is 10.1 Å². The summed E-state index contributed by atoms with van der Waals surface area (Å²) in [5.41, 5.74) is 2.55. The van der Waals surface area contributed by atoms with Crippen LogP contribution in [0, 0.1) is 11.3 Å². The summed E-state index contributed by atoms with van der Waals surface area (Å²) in [6, 6.07) is 9.49. The molecule has 1 aromatic carbocycles. The smallest absolute Gasteiger partial charge is 0.254 e. The van der Waals surface area contributed by atoms with E-state index in [1.54, 1.807) is 18.2 Å². The molecule has 0 radical (unpaired) electrons. The van der Waals surface area contributed by atoms with Crippen LogP contribution in [-0.2, 0) is 4.74 Å². The molecule has 6 nitrogen and oxygen atoms in total. The molecule has 1 aliphatic rings. The number of ether oxygens (including phenoxy) is 1. The molecule has 1 aliphatic heterocycles. The van der Waals surface area contributed by atoms with Gasteiger partial charge in [0.1, 0.15) is 0 Å². The van der Waals surface area contributed by atoms with Crippen molar-refractivity contribution in [1.29, 1.82) is 5.26 Å². The molecular weight excluding hydrogens is 340 g/mol. The van der Waals surface area contributed by atoms with E-state index in [1.165, 1.54) is 0 Å². The van der Waals surface area contributed by atoms with E-state index in [0.717, 1.165) is 12.8 Å². The van der Waals surface area contributed by atoms with Gasteiger partial charge < -0.3 is 9.64 Å². The van der Waals surface area contributed by atoms with E-state index in [-0.39, 0.29) is 18.1 Å². The number of benzene rings is 1. The quantitative estimate of drug-likeness (QED) is 0.810. The van der Waals surface area contributed by atoms with Gasteiger partial charge in [-0.2, -0.15) is 10.4 Å². The lowest BCUT2D eigenvalue weighted by atomic mass is 9.99. The minimum atomic E-state index is -0.0106. The average molecular weight is 366 g/mol. The number of rotatable bonds is 5. The molecule has 0 N–H and O–H groups in total. The van der Waals surface area contributed by atoms with Crippen LogP contribution in [0.4, 0.5) is 0 Å². The van der Waals surface area contributed by atoms with Gasteiger partial charge >= 0.3 is 0 Å². The van der Waals surface area contributed by atoms with Crippen LogP contribution >= 0.6 is 0 Å². The number of aromatic nitrogens is 2. The number of hydrogen-bond donors (Lipinski definition) is 0. The van der Waals surface area contributed by atoms with Crippen molar-refractivity contribution in [3.8, 4) is 17.3 Å². The van der Waals surface area contributed by atoms with E-state index < -0.39 is 0 Å². The van der Waals surface area contributed by atoms with E-state index in [1.807, 2.05) is 28.8 Å². The lowest BCUT2D eigenvalue weighted by molar-refractivity contribution is 0.0146. The van der Waals surface area contributed by atoms with Crippen molar-refractivity contribution >= 4 is 5.91 Å². The van der Waals surface area contributed by atoms with Crippen molar-refractivity contribution < 1.29 is 9.53 Å². The Balaban J connectivity index is 1.88. The molecular formula is C21H26N4O2. The van der Waals surface area contributed by atoms with Crippen LogP contribution in [0.15, 0.2) is 30.5 Å². The second kappa shape index (κ2) is 8.36. The number of nitrogens with zero attached hydrogens (tertiary/aromatic N) is 4. The Hall–Kier alpha value is -2.65. The standard InChI is InChI=1S/C21H26N4O2/c1-4-27-17-7-10-24(11-8-17)21(26)18-6-5-16(14-22)13-19(18)20-9-12-25(23-20)15(2)3/h5-6,9,12-13,15,17H,4,7-8,10-11H2,1-3H3. The minimum absolute atomic E-state index is 0.0106. The van der Waals surface area contributed by atoms with Crippen LogP contribution in [0.1, 0.15) is 55.6 Å². The first kappa shape index (κ1) is 19.1. The molecule has 0 unspecified atom stereocenters. The van der Waals surface area contributed by atoms with E-state index in [4.69, 9.17) is 4.74 Å². The van der Waals surface area contributed by atoms with Crippen LogP contribution in [0.25, 0.3) is 11.3 Å². The van der Waals surface area contributed by atoms with Gasteiger partial charge in [0.15, 0.2) is 0 Å². The van der Waals surface area contributed by atoms with Crippen LogP contribution in [-0.4, -0.2) is 46.4 Å². The molecule has 0 atom stereocenters. The topological polar surface area (TPSA) is 71.2 Å². The van der Waals surface area contributed by atoms with E-state index in [0.29, 0.717) is 42.1 Å². The number of carbonyl (C=O) groups is 1. The summed E-state index contributed by atoms with van der Waals surface area (Å²) in [5.74, 6) is -0.0106. The molecule has 0 spiro atoms. The van der Waals surface area contributed by atoms with Gasteiger partial charge in [0.05, 0.1) is 23.4 Å². The van der Waals surface area contributed by atoms with Crippen molar-refractivity contribution in [3.63, 3.8) is 0 Å². The fourth-order valence-corrected chi connectivity index (χ4v) is 3.41. The molecule has 0 bridgehead atoms. The highest BCUT2D eigenvalue weighted by Crippen LogP contribution is 2.27. The number of nitriles is 1. The Morgan fingerprint density at radius 1 is 1.33 bits per heavy atom. The fourth-order valence-electron chi connectivity index (χ4n) is 3.41. The number of piperidine rings is 1. The second-order valence-electron chi connectivity index (χ2n) is 7.09. The summed E-state index contributed by atoms with van der Waals surface area (Å²) in [4.78, 5) is 15.0. The van der Waals surface area contributed by atoms with Gasteiger partial charge in [-0.1, -0.05) is 0 Å². The highest BCUT2D eigenvalue weighted by Gasteiger charge is 2.26. The van der Waals surface area contributed by atoms with E-state index >= 15 is 0 Å². The molecule has 1 saturated heterocycles. The number of amides is 1. The molecule has 2 aromatic rings. The zero-order chi connectivity index (χ0) is 19.4. The predicted molar refractivity (Wildman–Crippen MR) is 103 cm³/mol. The Bertz CT molecular complexity index is 842. The third kappa shape index (κ3) is 4.20. The lowest BCUT2D eigenvalue weighted by Gasteiger charge is -2.32. The Morgan fingerprint density at radius 3 is 2.67 bits per heavy atom. The molecule has 1 fully saturated rings. The summed E-state index contributed by atoms with van der Waals surface area (Å²) in [6.07, 6.45) is 3.85. The summed E-state index contributed by atoms with van der Waals surface area (Å²) in [7, 11) is 0. The monoisotopic (exact) mass is 366 g/mol. The van der Waals surface area contributed by atoms with Crippen LogP contribution in [0.2, 0.25) is 0 Å². The summed E-state index contributed by atoms with van der Waals surface area (Å²) in [5, 5.41) is 13.9. The Kier molecular flexibility index (Phi) is 5.92. The van der Waals surface area contributed by atoms with Crippen LogP contribution in [0.5, 0.6) is 0 Å². The molecule has 1 aromatic heterocycles. The highest BCUT2D eigenvalue weighted by molar-refractivity contribution is 6.00. The van der Waals surface area contributed by atoms with Gasteiger partial charge in [-0.05, 0) is 57.9 Å². The predicted octanol–water partition coefficient (Wildman–Crippen LogP) is 3.64. The number of likely N-dealkylation sites (tertiary alicyclic amines) is 1. The molecule has 27 heavy (non-hydrogen) atoms. The second-order valence-corrected chi connectivity index (χ2v) is 7.09. The largest absolute Gasteiger partial charge is 0.378 e. The molecule has 0 saturated carbocycles. The van der Waals surface area contributed by atoms with E-state index in [2.05, 4.69) is 25.0 Å². The average Bonchev–Trinajstić information content (AvgIpc) is 3.18. The molecule has 3 rings (SSSR count). The van der Waals surface area contributed by atoms with Gasteiger partial charge in [-0.3, -0.25) is 9.48 Å². The summed E-state index contributed by atoms with van der Waals surface area (Å²) < 4.78 is 7.54. The van der Waals surface area contributed by atoms with Gasteiger partial charge in [0.25, 0.3) is 5.91 Å². The van der Waals surface area contributed by atoms with Gasteiger partial charge in [-0.25, -0.2) is 0 Å². The molecule has 2 heterocycles. The van der Waals surface area contributed by atoms with Crippen LogP contribution < -0.4 is 0 Å². The number of carbonyl (C=O) groups excluding carboxylic acids is 1. The van der Waals surface area contributed by atoms with Gasteiger partial charge in [0, 0.05) is 43.1 Å². The fraction of sp³-hybridized carbons (Fsp3) is 0.476. The third-order valence-corrected chi connectivity index (χ3v) is 4.92. The van der Waals surface area contributed by atoms with Crippen LogP contribution in [0.3, 0.4) is 0 Å². The molecule has 142 valence electrons. The minimum Gasteiger partial charge on any atom is -0.378 e. The number of hydrogen-bond acceptors (Lipinski definition) is 4. The van der Waals surface area contributed by atoms with Crippen molar-refractivity contribution in [2.75, 3.05) is 19.7 Å². The Morgan fingerprint density at radius 2 is 2.07 bits per heavy atom. The zero-order valence-electron chi connectivity index (χ0n) is 16.2. The first-order chi connectivity index (χ1) is 13.0. The van der Waals surface area contributed by atoms with Gasteiger partial charge in [-0.15, -0.1) is 0 Å². The van der Waals surface area contributed by atoms with Gasteiger partial charge in [0.2, 0.25) is 0 Å². The molecule has 0 aliphatic carbocycles. The first-order valence-corrected chi connectivity index (χ1v) is 9.54. The summed E-state index contributed by atoms with van der Waals surface area (Å²) >= 11 is 0. The van der Waals surface area contributed by atoms with Crippen molar-refractivity contribution in [3.05, 3.63) is 41.6 Å². The lowest BCUT2D eigenvalue weighted by Crippen LogP contribution is -2.41. The Labute approximate surface area is 160 Å². The van der Waals surface area contributed by atoms with Crippen molar-refractivity contribution in [1.82, 2.24) is 14.7 Å². The maximum atomic E-state index is 13.2. The van der Waals surface area contributed by atoms with Crippen molar-refractivity contribution in [2.45, 2.75) is 45.8 Å². The SMILES string of the molecule is CCOC1CCN(C(=O)c2ccc(C#N)cc2-c2ccn(C(C)C)n2)CC1. The van der Waals surface area contributed by atoms with Crippen molar-refractivity contribution in [2.24, 2.45) is 0 Å². The zero-order valence-corrected chi connectivity index (χ0v) is 16.2.